The molecule has 0 heterocycles. The third kappa shape index (κ3) is 4.84. The lowest BCUT2D eigenvalue weighted by molar-refractivity contribution is -0.138. The van der Waals surface area contributed by atoms with Crippen LogP contribution in [0.5, 0.6) is 0 Å². The van der Waals surface area contributed by atoms with E-state index in [0.717, 1.165) is 25.7 Å². The van der Waals surface area contributed by atoms with Gasteiger partial charge in [0.05, 0.1) is 10.2 Å². The molecule has 1 fully saturated rings. The Morgan fingerprint density at radius 2 is 1.75 bits per heavy atom. The maximum absolute atomic E-state index is 12.6. The Morgan fingerprint density at radius 1 is 1.21 bits per heavy atom. The number of guanidine groups is 1. The van der Waals surface area contributed by atoms with E-state index in [1.54, 1.807) is 39.9 Å². The molecule has 0 aromatic rings. The van der Waals surface area contributed by atoms with E-state index in [4.69, 9.17) is 0 Å². The van der Waals surface area contributed by atoms with E-state index in [0.29, 0.717) is 12.5 Å². The molecular formula is C16H32N4O3S. The molecule has 1 amide bonds. The van der Waals surface area contributed by atoms with Crippen LogP contribution in [0.1, 0.15) is 39.5 Å². The van der Waals surface area contributed by atoms with Gasteiger partial charge in [0.15, 0.2) is 15.8 Å². The summed E-state index contributed by atoms with van der Waals surface area (Å²) in [5, 5.41) is 6.27. The number of carbonyl (C=O) groups excluding carboxylic acids is 1. The van der Waals surface area contributed by atoms with Crippen LogP contribution in [0.2, 0.25) is 0 Å². The van der Waals surface area contributed by atoms with Gasteiger partial charge < -0.3 is 15.5 Å². The molecule has 0 aromatic heterocycles. The van der Waals surface area contributed by atoms with Crippen molar-refractivity contribution in [2.75, 3.05) is 40.5 Å². The summed E-state index contributed by atoms with van der Waals surface area (Å²) in [6.45, 7) is 4.11. The van der Waals surface area contributed by atoms with Gasteiger partial charge in [0, 0.05) is 40.5 Å². The SMILES string of the molecule is CN=C(NCC1(C(=O)N(C)C)CCCC1)NCC(C)(C)S(C)(=O)=O. The maximum atomic E-state index is 12.6. The van der Waals surface area contributed by atoms with Crippen molar-refractivity contribution in [1.29, 1.82) is 0 Å². The molecule has 140 valence electrons. The molecule has 0 radical (unpaired) electrons. The highest BCUT2D eigenvalue weighted by Crippen LogP contribution is 2.38. The van der Waals surface area contributed by atoms with Crippen molar-refractivity contribution in [3.8, 4) is 0 Å². The van der Waals surface area contributed by atoms with Crippen LogP contribution >= 0.6 is 0 Å². The molecule has 2 N–H and O–H groups in total. The fraction of sp³-hybridized carbons (Fsp3) is 0.875. The first-order valence-corrected chi connectivity index (χ1v) is 10.2. The Bertz CT molecular complexity index is 576. The number of hydrogen-bond donors (Lipinski definition) is 2. The predicted molar refractivity (Wildman–Crippen MR) is 97.9 cm³/mol. The van der Waals surface area contributed by atoms with Crippen LogP contribution < -0.4 is 10.6 Å². The molecular weight excluding hydrogens is 328 g/mol. The zero-order valence-electron chi connectivity index (χ0n) is 15.8. The van der Waals surface area contributed by atoms with Crippen molar-refractivity contribution in [3.63, 3.8) is 0 Å². The summed E-state index contributed by atoms with van der Waals surface area (Å²) in [5.41, 5.74) is -0.395. The van der Waals surface area contributed by atoms with Crippen LogP contribution in [0.3, 0.4) is 0 Å². The molecule has 8 heteroatoms. The standard InChI is InChI=1S/C16H32N4O3S/c1-15(2,24(6,22)23)11-18-14(17-3)19-12-16(9-7-8-10-16)13(21)20(4)5/h7-12H2,1-6H3,(H2,17,18,19). The molecule has 24 heavy (non-hydrogen) atoms. The van der Waals surface area contributed by atoms with Gasteiger partial charge in [-0.15, -0.1) is 0 Å². The third-order valence-corrected chi connectivity index (χ3v) is 7.08. The minimum atomic E-state index is -3.18. The summed E-state index contributed by atoms with van der Waals surface area (Å²) < 4.78 is 22.7. The lowest BCUT2D eigenvalue weighted by Gasteiger charge is -2.32. The van der Waals surface area contributed by atoms with E-state index in [1.807, 2.05) is 0 Å². The number of nitrogens with zero attached hydrogens (tertiary/aromatic N) is 2. The van der Waals surface area contributed by atoms with E-state index in [9.17, 15) is 13.2 Å². The van der Waals surface area contributed by atoms with Crippen LogP contribution in [0.4, 0.5) is 0 Å². The quantitative estimate of drug-likeness (QED) is 0.535. The summed E-state index contributed by atoms with van der Waals surface area (Å²) in [7, 11) is 2.02. The van der Waals surface area contributed by atoms with E-state index in [2.05, 4.69) is 15.6 Å². The Kier molecular flexibility index (Phi) is 6.67. The van der Waals surface area contributed by atoms with E-state index >= 15 is 0 Å². The number of aliphatic imine (C=N–C) groups is 1. The lowest BCUT2D eigenvalue weighted by Crippen LogP contribution is -2.52. The molecule has 1 rings (SSSR count). The third-order valence-electron chi connectivity index (χ3n) is 4.92. The predicted octanol–water partition coefficient (Wildman–Crippen LogP) is 0.623. The minimum absolute atomic E-state index is 0.138. The van der Waals surface area contributed by atoms with Gasteiger partial charge in [0.1, 0.15) is 0 Å². The zero-order valence-corrected chi connectivity index (χ0v) is 16.6. The molecule has 0 spiro atoms. The highest BCUT2D eigenvalue weighted by atomic mass is 32.2. The second-order valence-corrected chi connectivity index (χ2v) is 10.1. The first-order valence-electron chi connectivity index (χ1n) is 8.31. The van der Waals surface area contributed by atoms with Gasteiger partial charge >= 0.3 is 0 Å². The Labute approximate surface area is 146 Å². The van der Waals surface area contributed by atoms with Gasteiger partial charge in [0.25, 0.3) is 0 Å². The molecule has 7 nitrogen and oxygen atoms in total. The average Bonchev–Trinajstić information content (AvgIpc) is 2.95. The Morgan fingerprint density at radius 3 is 2.17 bits per heavy atom. The summed E-state index contributed by atoms with van der Waals surface area (Å²) in [5.74, 6) is 0.656. The van der Waals surface area contributed by atoms with Crippen molar-refractivity contribution < 1.29 is 13.2 Å². The molecule has 0 aliphatic heterocycles. The first-order chi connectivity index (χ1) is 11.0. The number of carbonyl (C=O) groups is 1. The normalized spacial score (nSPS) is 18.3. The second kappa shape index (κ2) is 7.72. The number of hydrogen-bond acceptors (Lipinski definition) is 4. The van der Waals surface area contributed by atoms with Crippen LogP contribution in [-0.4, -0.2) is 70.4 Å². The van der Waals surface area contributed by atoms with Crippen molar-refractivity contribution in [3.05, 3.63) is 0 Å². The maximum Gasteiger partial charge on any atom is 0.230 e. The van der Waals surface area contributed by atoms with E-state index in [1.165, 1.54) is 6.26 Å². The fourth-order valence-corrected chi connectivity index (χ4v) is 3.23. The highest BCUT2D eigenvalue weighted by Gasteiger charge is 2.42. The number of nitrogens with one attached hydrogen (secondary N) is 2. The molecule has 1 saturated carbocycles. The minimum Gasteiger partial charge on any atom is -0.355 e. The fourth-order valence-electron chi connectivity index (χ4n) is 2.89. The smallest absolute Gasteiger partial charge is 0.230 e. The lowest BCUT2D eigenvalue weighted by atomic mass is 9.84. The summed E-state index contributed by atoms with van der Waals surface area (Å²) >= 11 is 0. The monoisotopic (exact) mass is 360 g/mol. The van der Waals surface area contributed by atoms with Gasteiger partial charge in [-0.2, -0.15) is 0 Å². The molecule has 0 bridgehead atoms. The van der Waals surface area contributed by atoms with Gasteiger partial charge in [-0.25, -0.2) is 8.42 Å². The van der Waals surface area contributed by atoms with E-state index < -0.39 is 20.0 Å². The first kappa shape index (κ1) is 20.7. The van der Waals surface area contributed by atoms with Crippen LogP contribution in [-0.2, 0) is 14.6 Å². The molecule has 1 aliphatic carbocycles. The molecule has 0 atom stereocenters. The summed E-state index contributed by atoms with van der Waals surface area (Å²) in [4.78, 5) is 18.4. The van der Waals surface area contributed by atoms with Crippen molar-refractivity contribution in [2.24, 2.45) is 10.4 Å². The highest BCUT2D eigenvalue weighted by molar-refractivity contribution is 7.92. The summed E-state index contributed by atoms with van der Waals surface area (Å²) in [6, 6.07) is 0. The Balaban J connectivity index is 2.71. The molecule has 1 aliphatic rings. The molecule has 0 saturated heterocycles. The van der Waals surface area contributed by atoms with E-state index in [-0.39, 0.29) is 12.5 Å². The van der Waals surface area contributed by atoms with Gasteiger partial charge in [-0.05, 0) is 26.7 Å². The molecule has 0 unspecified atom stereocenters. The Hall–Kier alpha value is -1.31. The second-order valence-electron chi connectivity index (χ2n) is 7.50. The number of sulfone groups is 1. The summed E-state index contributed by atoms with van der Waals surface area (Å²) in [6.07, 6.45) is 5.06. The van der Waals surface area contributed by atoms with Crippen molar-refractivity contribution in [2.45, 2.75) is 44.3 Å². The average molecular weight is 361 g/mol. The van der Waals surface area contributed by atoms with Crippen molar-refractivity contribution >= 4 is 21.7 Å². The van der Waals surface area contributed by atoms with Crippen LogP contribution in [0.25, 0.3) is 0 Å². The zero-order chi connectivity index (χ0) is 18.6. The van der Waals surface area contributed by atoms with Gasteiger partial charge in [0.2, 0.25) is 5.91 Å². The van der Waals surface area contributed by atoms with Crippen molar-refractivity contribution in [1.82, 2.24) is 15.5 Å². The van der Waals surface area contributed by atoms with Gasteiger partial charge in [-0.3, -0.25) is 9.79 Å². The van der Waals surface area contributed by atoms with Gasteiger partial charge in [-0.1, -0.05) is 12.8 Å². The largest absolute Gasteiger partial charge is 0.355 e. The van der Waals surface area contributed by atoms with Crippen LogP contribution in [0, 0.1) is 5.41 Å². The van der Waals surface area contributed by atoms with Crippen LogP contribution in [0.15, 0.2) is 4.99 Å². The topological polar surface area (TPSA) is 90.9 Å². The number of rotatable bonds is 6. The molecule has 0 aromatic carbocycles. The number of amides is 1.